The summed E-state index contributed by atoms with van der Waals surface area (Å²) in [6, 6.07) is 28.9. The number of carbonyl (C=O) groups is 1. The number of hydrogen-bond donors (Lipinski definition) is 1. The fraction of sp³-hybridized carbons (Fsp3) is 0.265. The van der Waals surface area contributed by atoms with E-state index in [0.29, 0.717) is 18.7 Å². The maximum atomic E-state index is 14.8. The lowest BCUT2D eigenvalue weighted by Gasteiger charge is -2.33. The fourth-order valence-electron chi connectivity index (χ4n) is 6.93. The van der Waals surface area contributed by atoms with Crippen molar-refractivity contribution in [2.45, 2.75) is 31.2 Å². The van der Waals surface area contributed by atoms with E-state index in [4.69, 9.17) is 4.98 Å². The van der Waals surface area contributed by atoms with Crippen molar-refractivity contribution in [3.8, 4) is 0 Å². The second-order valence-electron chi connectivity index (χ2n) is 11.9. The van der Waals surface area contributed by atoms with E-state index >= 15 is 0 Å². The van der Waals surface area contributed by atoms with E-state index in [9.17, 15) is 18.3 Å². The van der Waals surface area contributed by atoms with E-state index < -0.39 is 40.2 Å². The van der Waals surface area contributed by atoms with Gasteiger partial charge in [-0.25, -0.2) is 13.9 Å². The Morgan fingerprint density at radius 1 is 0.889 bits per heavy atom. The Morgan fingerprint density at radius 3 is 2.09 bits per heavy atom. The number of rotatable bonds is 8. The number of amides is 1. The zero-order valence-corrected chi connectivity index (χ0v) is 25.8. The number of likely N-dealkylation sites (tertiary alicyclic amines) is 1. The number of imidazole rings is 2. The summed E-state index contributed by atoms with van der Waals surface area (Å²) in [6.45, 7) is 0.519. The molecule has 45 heavy (non-hydrogen) atoms. The molecule has 0 spiro atoms. The van der Waals surface area contributed by atoms with Crippen molar-refractivity contribution < 1.29 is 18.3 Å². The Balaban J connectivity index is 1.37. The molecule has 1 unspecified atom stereocenters. The molecule has 2 aromatic heterocycles. The highest BCUT2D eigenvalue weighted by Gasteiger charge is 2.57. The van der Waals surface area contributed by atoms with Gasteiger partial charge in [-0.15, -0.1) is 0 Å². The Labute approximate surface area is 262 Å². The molecule has 1 amide bonds. The van der Waals surface area contributed by atoms with Gasteiger partial charge in [0, 0.05) is 32.8 Å². The van der Waals surface area contributed by atoms with Crippen LogP contribution in [0.15, 0.2) is 110 Å². The molecule has 11 heteroatoms. The molecule has 1 aliphatic carbocycles. The van der Waals surface area contributed by atoms with Crippen LogP contribution in [0.1, 0.15) is 45.7 Å². The largest absolute Gasteiger partial charge is 0.373 e. The zero-order chi connectivity index (χ0) is 31.3. The molecule has 1 N–H and O–H groups in total. The normalized spacial score (nSPS) is 21.4. The molecular formula is C34H34N6O4S. The molecule has 5 aromatic rings. The number of benzene rings is 3. The van der Waals surface area contributed by atoms with Gasteiger partial charge in [0.2, 0.25) is 5.91 Å². The van der Waals surface area contributed by atoms with Crippen molar-refractivity contribution in [1.82, 2.24) is 27.7 Å². The molecule has 4 atom stereocenters. The molecule has 3 heterocycles. The quantitative estimate of drug-likeness (QED) is 0.283. The van der Waals surface area contributed by atoms with E-state index in [2.05, 4.69) is 4.98 Å². The summed E-state index contributed by atoms with van der Waals surface area (Å²) < 4.78 is 30.3. The number of fused-ring (bicyclic) bond motifs is 2. The number of nitrogens with zero attached hydrogens (tertiary/aromatic N) is 6. The van der Waals surface area contributed by atoms with Gasteiger partial charge in [-0.3, -0.25) is 4.79 Å². The average Bonchev–Trinajstić information content (AvgIpc) is 3.77. The second kappa shape index (κ2) is 11.4. The molecule has 230 valence electrons. The molecule has 1 aliphatic heterocycles. The first kappa shape index (κ1) is 29.1. The van der Waals surface area contributed by atoms with Gasteiger partial charge in [0.05, 0.1) is 41.3 Å². The van der Waals surface area contributed by atoms with Gasteiger partial charge in [-0.05, 0) is 23.1 Å². The third-order valence-corrected chi connectivity index (χ3v) is 10.7. The molecule has 2 aliphatic rings. The fourth-order valence-corrected chi connectivity index (χ4v) is 7.72. The van der Waals surface area contributed by atoms with Crippen LogP contribution in [0, 0.1) is 11.8 Å². The molecule has 0 bridgehead atoms. The summed E-state index contributed by atoms with van der Waals surface area (Å²) in [7, 11) is -0.922. The maximum absolute atomic E-state index is 14.8. The molecule has 7 rings (SSSR count). The van der Waals surface area contributed by atoms with Crippen LogP contribution in [-0.4, -0.2) is 67.5 Å². The third-order valence-electron chi connectivity index (χ3n) is 9.04. The van der Waals surface area contributed by atoms with Gasteiger partial charge >= 0.3 is 10.2 Å². The molecular weight excluding hydrogens is 588 g/mol. The van der Waals surface area contributed by atoms with Gasteiger partial charge in [0.15, 0.2) is 0 Å². The Morgan fingerprint density at radius 2 is 1.49 bits per heavy atom. The van der Waals surface area contributed by atoms with Crippen molar-refractivity contribution in [2.75, 3.05) is 14.1 Å². The Hall–Kier alpha value is -4.58. The van der Waals surface area contributed by atoms with Crippen LogP contribution in [0.25, 0.3) is 0 Å². The van der Waals surface area contributed by atoms with Crippen molar-refractivity contribution in [3.63, 3.8) is 0 Å². The standard InChI is InChI=1S/C34H34N6O4S/c1-37(2)45(43,44)39-20-28(36-22-39)30-29-26(18-27-32(30)38(21-35-27)19-23-12-6-3-7-13-23)33(41)40(34(29)42)31(24-14-8-4-9-15-24)25-16-10-5-11-17-25/h3-17,20-22,26,29-31,33,41H,18-19H2,1-2H3/t26-,29+,30-,33?/m0/s1. The highest BCUT2D eigenvalue weighted by atomic mass is 32.2. The topological polar surface area (TPSA) is 114 Å². The summed E-state index contributed by atoms with van der Waals surface area (Å²) in [5.41, 5.74) is 4.85. The van der Waals surface area contributed by atoms with Crippen molar-refractivity contribution in [2.24, 2.45) is 11.8 Å². The second-order valence-corrected chi connectivity index (χ2v) is 13.9. The maximum Gasteiger partial charge on any atom is 0.308 e. The summed E-state index contributed by atoms with van der Waals surface area (Å²) in [5.74, 6) is -2.03. The summed E-state index contributed by atoms with van der Waals surface area (Å²) in [5, 5.41) is 12.0. The Bertz CT molecular complexity index is 1890. The van der Waals surface area contributed by atoms with Crippen LogP contribution in [0.3, 0.4) is 0 Å². The number of carbonyl (C=O) groups excluding carboxylic acids is 1. The number of aliphatic hydroxyl groups excluding tert-OH is 1. The molecule has 0 saturated carbocycles. The van der Waals surface area contributed by atoms with Crippen molar-refractivity contribution >= 4 is 16.1 Å². The Kier molecular flexibility index (Phi) is 7.39. The van der Waals surface area contributed by atoms with Crippen LogP contribution < -0.4 is 0 Å². The number of aromatic nitrogens is 4. The molecule has 3 aromatic carbocycles. The minimum absolute atomic E-state index is 0.210. The van der Waals surface area contributed by atoms with E-state index in [1.807, 2.05) is 95.6 Å². The smallest absolute Gasteiger partial charge is 0.308 e. The first-order valence-electron chi connectivity index (χ1n) is 14.9. The van der Waals surface area contributed by atoms with Gasteiger partial charge in [0.1, 0.15) is 12.6 Å². The first-order valence-corrected chi connectivity index (χ1v) is 16.3. The predicted octanol–water partition coefficient (Wildman–Crippen LogP) is 3.65. The van der Waals surface area contributed by atoms with Crippen LogP contribution in [0.2, 0.25) is 0 Å². The van der Waals surface area contributed by atoms with Gasteiger partial charge in [-0.1, -0.05) is 91.0 Å². The average molecular weight is 623 g/mol. The molecule has 10 nitrogen and oxygen atoms in total. The van der Waals surface area contributed by atoms with E-state index in [1.54, 1.807) is 11.2 Å². The first-order chi connectivity index (χ1) is 21.8. The highest BCUT2D eigenvalue weighted by molar-refractivity contribution is 7.87. The SMILES string of the molecule is CN(C)S(=O)(=O)n1cnc([C@@H]2c3c(ncn3Cc3ccccc3)C[C@@H]3C(O)N(C(c4ccccc4)c4ccccc4)C(=O)[C@@H]23)c1. The minimum Gasteiger partial charge on any atom is -0.373 e. The van der Waals surface area contributed by atoms with Crippen LogP contribution in [-0.2, 0) is 28.0 Å². The predicted molar refractivity (Wildman–Crippen MR) is 168 cm³/mol. The van der Waals surface area contributed by atoms with E-state index in [0.717, 1.165) is 36.4 Å². The van der Waals surface area contributed by atoms with Gasteiger partial charge in [-0.2, -0.15) is 12.7 Å². The van der Waals surface area contributed by atoms with E-state index in [1.165, 1.54) is 26.6 Å². The number of aliphatic hydroxyl groups is 1. The van der Waals surface area contributed by atoms with Gasteiger partial charge < -0.3 is 14.6 Å². The van der Waals surface area contributed by atoms with E-state index in [-0.39, 0.29) is 5.91 Å². The molecule has 0 radical (unpaired) electrons. The zero-order valence-electron chi connectivity index (χ0n) is 25.0. The van der Waals surface area contributed by atoms with Crippen LogP contribution >= 0.6 is 0 Å². The molecule has 1 fully saturated rings. The lowest BCUT2D eigenvalue weighted by molar-refractivity contribution is -0.138. The highest BCUT2D eigenvalue weighted by Crippen LogP contribution is 2.51. The number of hydrogen-bond acceptors (Lipinski definition) is 6. The third kappa shape index (κ3) is 4.97. The van der Waals surface area contributed by atoms with Crippen molar-refractivity contribution in [3.05, 3.63) is 144 Å². The van der Waals surface area contributed by atoms with Crippen LogP contribution in [0.4, 0.5) is 0 Å². The van der Waals surface area contributed by atoms with Crippen molar-refractivity contribution in [1.29, 1.82) is 0 Å². The molecule has 1 saturated heterocycles. The summed E-state index contributed by atoms with van der Waals surface area (Å²) in [4.78, 5) is 25.8. The lowest BCUT2D eigenvalue weighted by Crippen LogP contribution is -2.39. The van der Waals surface area contributed by atoms with Gasteiger partial charge in [0.25, 0.3) is 0 Å². The monoisotopic (exact) mass is 622 g/mol. The minimum atomic E-state index is -3.84. The lowest BCUT2D eigenvalue weighted by atomic mass is 9.72. The van der Waals surface area contributed by atoms with Crippen LogP contribution in [0.5, 0.6) is 0 Å². The summed E-state index contributed by atoms with van der Waals surface area (Å²) >= 11 is 0. The summed E-state index contributed by atoms with van der Waals surface area (Å²) in [6.07, 6.45) is 3.82.